The van der Waals surface area contributed by atoms with Gasteiger partial charge in [0.25, 0.3) is 0 Å². The minimum atomic E-state index is -1.74. The molecule has 1 aliphatic heterocycles. The van der Waals surface area contributed by atoms with Crippen molar-refractivity contribution in [3.8, 4) is 0 Å². The first-order valence-electron chi connectivity index (χ1n) is 10.4. The Morgan fingerprint density at radius 1 is 1.11 bits per heavy atom. The SMILES string of the molecule is CC(C)(C)OC(=O)N[C@H](C(=O)N[C@@H]1C(=O)N[C@@H]1SCCOC(=O)OCC(Cl)(Cl)Cl)c1ccccc1. The van der Waals surface area contributed by atoms with E-state index in [1.165, 1.54) is 11.8 Å². The minimum absolute atomic E-state index is 0.0385. The molecule has 194 valence electrons. The summed E-state index contributed by atoms with van der Waals surface area (Å²) in [6, 6.07) is 6.63. The Morgan fingerprint density at radius 2 is 1.77 bits per heavy atom. The van der Waals surface area contributed by atoms with Crippen molar-refractivity contribution in [2.45, 2.75) is 47.6 Å². The number of alkyl carbamates (subject to hydrolysis) is 1. The Morgan fingerprint density at radius 3 is 2.34 bits per heavy atom. The molecule has 14 heteroatoms. The molecular weight excluding hydrogens is 545 g/mol. The summed E-state index contributed by atoms with van der Waals surface area (Å²) in [5, 5.41) is 7.39. The fourth-order valence-corrected chi connectivity index (χ4v) is 3.90. The largest absolute Gasteiger partial charge is 0.508 e. The molecule has 0 unspecified atom stereocenters. The quantitative estimate of drug-likeness (QED) is 0.178. The first-order valence-corrected chi connectivity index (χ1v) is 12.6. The Labute approximate surface area is 222 Å². The van der Waals surface area contributed by atoms with Crippen molar-refractivity contribution in [3.63, 3.8) is 0 Å². The highest BCUT2D eigenvalue weighted by molar-refractivity contribution is 8.00. The van der Waals surface area contributed by atoms with E-state index in [-0.39, 0.29) is 12.5 Å². The van der Waals surface area contributed by atoms with Crippen LogP contribution >= 0.6 is 46.6 Å². The number of alkyl halides is 3. The van der Waals surface area contributed by atoms with Crippen LogP contribution in [0.2, 0.25) is 0 Å². The maximum absolute atomic E-state index is 13.0. The average Bonchev–Trinajstić information content (AvgIpc) is 2.75. The number of hydrogen-bond donors (Lipinski definition) is 3. The van der Waals surface area contributed by atoms with Crippen LogP contribution in [0.3, 0.4) is 0 Å². The molecular formula is C21H26Cl3N3O7S. The van der Waals surface area contributed by atoms with Crippen LogP contribution in [0.15, 0.2) is 30.3 Å². The standard InChI is InChI=1S/C21H26Cl3N3O7S/c1-20(2,3)34-18(30)26-13(12-7-5-4-6-8-12)15(28)25-14-16(29)27-17(14)35-10-9-32-19(31)33-11-21(22,23)24/h4-8,13-14,17H,9-11H2,1-3H3,(H,25,28)(H,26,30)(H,27,29)/t13-,14+,17+/m0/s1. The zero-order valence-corrected chi connectivity index (χ0v) is 22.2. The highest BCUT2D eigenvalue weighted by Crippen LogP contribution is 2.26. The summed E-state index contributed by atoms with van der Waals surface area (Å²) in [5.74, 6) is -0.680. The normalized spacial score (nSPS) is 18.4. The van der Waals surface area contributed by atoms with Gasteiger partial charge >= 0.3 is 12.2 Å². The molecule has 2 rings (SSSR count). The third-order valence-electron chi connectivity index (χ3n) is 4.18. The van der Waals surface area contributed by atoms with E-state index < -0.39 is 51.6 Å². The number of carbonyl (C=O) groups excluding carboxylic acids is 4. The van der Waals surface area contributed by atoms with E-state index >= 15 is 0 Å². The number of β-lactam (4-membered cyclic amide) rings is 1. The van der Waals surface area contributed by atoms with E-state index in [0.29, 0.717) is 11.3 Å². The Bertz CT molecular complexity index is 910. The summed E-state index contributed by atoms with van der Waals surface area (Å²) in [6.45, 7) is 4.61. The lowest BCUT2D eigenvalue weighted by Crippen LogP contribution is -2.68. The van der Waals surface area contributed by atoms with Gasteiger partial charge in [-0.2, -0.15) is 0 Å². The lowest BCUT2D eigenvalue weighted by atomic mass is 10.0. The first-order chi connectivity index (χ1) is 16.2. The molecule has 1 saturated heterocycles. The molecule has 0 aromatic heterocycles. The Kier molecular flexibility index (Phi) is 10.6. The number of rotatable bonds is 9. The monoisotopic (exact) mass is 569 g/mol. The minimum Gasteiger partial charge on any atom is -0.444 e. The second-order valence-corrected chi connectivity index (χ2v) is 12.0. The summed E-state index contributed by atoms with van der Waals surface area (Å²) in [4.78, 5) is 48.9. The van der Waals surface area contributed by atoms with Crippen LogP contribution in [0.4, 0.5) is 9.59 Å². The average molecular weight is 571 g/mol. The molecule has 0 bridgehead atoms. The van der Waals surface area contributed by atoms with E-state index in [1.807, 2.05) is 0 Å². The van der Waals surface area contributed by atoms with Crippen LogP contribution in [-0.2, 0) is 23.8 Å². The van der Waals surface area contributed by atoms with Gasteiger partial charge in [0, 0.05) is 5.75 Å². The number of nitrogens with one attached hydrogen (secondary N) is 3. The number of amides is 3. The molecule has 1 aromatic rings. The second-order valence-electron chi connectivity index (χ2n) is 8.28. The summed E-state index contributed by atoms with van der Waals surface area (Å²) < 4.78 is 13.0. The molecule has 10 nitrogen and oxygen atoms in total. The van der Waals surface area contributed by atoms with Crippen molar-refractivity contribution in [2.24, 2.45) is 0 Å². The predicted molar refractivity (Wildman–Crippen MR) is 132 cm³/mol. The van der Waals surface area contributed by atoms with Crippen LogP contribution in [0.25, 0.3) is 0 Å². The fourth-order valence-electron chi connectivity index (χ4n) is 2.72. The van der Waals surface area contributed by atoms with Crippen molar-refractivity contribution >= 4 is 70.6 Å². The van der Waals surface area contributed by atoms with Crippen molar-refractivity contribution in [1.82, 2.24) is 16.0 Å². The number of hydrogen-bond acceptors (Lipinski definition) is 8. The Balaban J connectivity index is 1.89. The smallest absolute Gasteiger partial charge is 0.444 e. The number of benzene rings is 1. The molecule has 1 aromatic carbocycles. The van der Waals surface area contributed by atoms with E-state index in [1.54, 1.807) is 51.1 Å². The molecule has 35 heavy (non-hydrogen) atoms. The van der Waals surface area contributed by atoms with E-state index in [0.717, 1.165) is 0 Å². The van der Waals surface area contributed by atoms with Gasteiger partial charge in [-0.05, 0) is 26.3 Å². The molecule has 3 amide bonds. The number of thioether (sulfide) groups is 1. The molecule has 0 aliphatic carbocycles. The summed E-state index contributed by atoms with van der Waals surface area (Å²) in [6.07, 6.45) is -1.78. The molecule has 3 atom stereocenters. The number of halogens is 3. The van der Waals surface area contributed by atoms with Gasteiger partial charge in [-0.1, -0.05) is 65.1 Å². The van der Waals surface area contributed by atoms with Gasteiger partial charge in [0.1, 0.15) is 36.3 Å². The van der Waals surface area contributed by atoms with Gasteiger partial charge in [0.15, 0.2) is 0 Å². The fraction of sp³-hybridized carbons (Fsp3) is 0.524. The topological polar surface area (TPSA) is 132 Å². The van der Waals surface area contributed by atoms with Gasteiger partial charge in [0.05, 0.1) is 0 Å². The zero-order chi connectivity index (χ0) is 26.2. The van der Waals surface area contributed by atoms with Crippen LogP contribution in [0.1, 0.15) is 32.4 Å². The molecule has 0 saturated carbocycles. The summed E-state index contributed by atoms with van der Waals surface area (Å²) in [7, 11) is 0. The lowest BCUT2D eigenvalue weighted by molar-refractivity contribution is -0.135. The predicted octanol–water partition coefficient (Wildman–Crippen LogP) is 3.45. The molecule has 1 fully saturated rings. The highest BCUT2D eigenvalue weighted by Gasteiger charge is 2.42. The molecule has 1 aliphatic rings. The van der Waals surface area contributed by atoms with E-state index in [9.17, 15) is 19.2 Å². The van der Waals surface area contributed by atoms with E-state index in [2.05, 4.69) is 20.7 Å². The number of carbonyl (C=O) groups is 4. The maximum Gasteiger partial charge on any atom is 0.508 e. The van der Waals surface area contributed by atoms with Gasteiger partial charge in [-0.25, -0.2) is 9.59 Å². The van der Waals surface area contributed by atoms with Crippen LogP contribution in [0.5, 0.6) is 0 Å². The van der Waals surface area contributed by atoms with Crippen LogP contribution in [-0.4, -0.2) is 63.8 Å². The number of ether oxygens (including phenoxy) is 3. The van der Waals surface area contributed by atoms with Crippen molar-refractivity contribution < 1.29 is 33.4 Å². The van der Waals surface area contributed by atoms with Crippen molar-refractivity contribution in [3.05, 3.63) is 35.9 Å². The van der Waals surface area contributed by atoms with Gasteiger partial charge in [-0.15, -0.1) is 11.8 Å². The van der Waals surface area contributed by atoms with Gasteiger partial charge in [0.2, 0.25) is 15.6 Å². The van der Waals surface area contributed by atoms with Crippen LogP contribution in [0, 0.1) is 0 Å². The molecule has 3 N–H and O–H groups in total. The van der Waals surface area contributed by atoms with Crippen LogP contribution < -0.4 is 16.0 Å². The second kappa shape index (κ2) is 12.8. The van der Waals surface area contributed by atoms with Gasteiger partial charge in [-0.3, -0.25) is 9.59 Å². The highest BCUT2D eigenvalue weighted by atomic mass is 35.6. The Hall–Kier alpha value is -2.08. The van der Waals surface area contributed by atoms with Gasteiger partial charge < -0.3 is 30.2 Å². The third kappa shape index (κ3) is 10.6. The molecule has 0 spiro atoms. The van der Waals surface area contributed by atoms with E-state index in [4.69, 9.17) is 44.3 Å². The summed E-state index contributed by atoms with van der Waals surface area (Å²) >= 11 is 17.7. The first kappa shape index (κ1) is 29.2. The van der Waals surface area contributed by atoms with Crippen molar-refractivity contribution in [2.75, 3.05) is 19.0 Å². The lowest BCUT2D eigenvalue weighted by Gasteiger charge is -2.37. The summed E-state index contributed by atoms with van der Waals surface area (Å²) in [5.41, 5.74) is -0.242. The maximum atomic E-state index is 13.0. The molecule has 0 radical (unpaired) electrons. The third-order valence-corrected chi connectivity index (χ3v) is 5.66. The zero-order valence-electron chi connectivity index (χ0n) is 19.1. The van der Waals surface area contributed by atoms with Crippen molar-refractivity contribution in [1.29, 1.82) is 0 Å². The molecule has 1 heterocycles.